The first-order valence-electron chi connectivity index (χ1n) is 7.88. The van der Waals surface area contributed by atoms with Crippen LogP contribution in [-0.2, 0) is 6.54 Å². The molecule has 2 aromatic carbocycles. The lowest BCUT2D eigenvalue weighted by Crippen LogP contribution is -2.16. The van der Waals surface area contributed by atoms with Crippen LogP contribution in [0, 0.1) is 0 Å². The first-order valence-corrected chi connectivity index (χ1v) is 9.87. The molecule has 0 saturated heterocycles. The SMILES string of the molecule is C=CCn1c(=NC(=O)c2cc(Br)ccc2Cl)sc2cc(OC)c(OC)cc21. The molecular formula is C19H16BrClN2O3S. The van der Waals surface area contributed by atoms with Crippen molar-refractivity contribution in [3.8, 4) is 11.5 Å². The van der Waals surface area contributed by atoms with Gasteiger partial charge < -0.3 is 14.0 Å². The molecule has 0 aliphatic carbocycles. The summed E-state index contributed by atoms with van der Waals surface area (Å²) in [7, 11) is 3.16. The zero-order valence-electron chi connectivity index (χ0n) is 14.7. The maximum Gasteiger partial charge on any atom is 0.281 e. The number of carbonyl (C=O) groups is 1. The average Bonchev–Trinajstić information content (AvgIpc) is 2.98. The van der Waals surface area contributed by atoms with E-state index in [1.165, 1.54) is 11.3 Å². The van der Waals surface area contributed by atoms with Crippen LogP contribution >= 0.6 is 38.9 Å². The molecule has 0 spiro atoms. The highest BCUT2D eigenvalue weighted by Gasteiger charge is 2.14. The molecule has 1 heterocycles. The standard InChI is InChI=1S/C19H16BrClN2O3S/c1-4-7-23-14-9-15(25-2)16(26-3)10-17(14)27-19(23)22-18(24)12-8-11(20)5-6-13(12)21/h4-6,8-10H,1,7H2,2-3H3. The van der Waals surface area contributed by atoms with E-state index in [9.17, 15) is 4.79 Å². The number of hydrogen-bond acceptors (Lipinski definition) is 4. The van der Waals surface area contributed by atoms with Crippen molar-refractivity contribution in [2.75, 3.05) is 14.2 Å². The number of benzene rings is 2. The van der Waals surface area contributed by atoms with Crippen LogP contribution in [0.4, 0.5) is 0 Å². The van der Waals surface area contributed by atoms with Gasteiger partial charge in [0.05, 0.1) is 35.0 Å². The normalized spacial score (nSPS) is 11.6. The summed E-state index contributed by atoms with van der Waals surface area (Å²) in [6, 6.07) is 8.82. The van der Waals surface area contributed by atoms with Gasteiger partial charge in [-0.2, -0.15) is 4.99 Å². The molecule has 1 amide bonds. The first-order chi connectivity index (χ1) is 13.0. The summed E-state index contributed by atoms with van der Waals surface area (Å²) in [5.41, 5.74) is 1.22. The van der Waals surface area contributed by atoms with Crippen LogP contribution in [0.15, 0.2) is 52.5 Å². The number of ether oxygens (including phenoxy) is 2. The van der Waals surface area contributed by atoms with E-state index in [1.54, 1.807) is 38.5 Å². The molecule has 1 aromatic heterocycles. The molecule has 0 aliphatic rings. The molecule has 5 nitrogen and oxygen atoms in total. The van der Waals surface area contributed by atoms with Gasteiger partial charge in [0.15, 0.2) is 16.3 Å². The van der Waals surface area contributed by atoms with Crippen LogP contribution in [0.3, 0.4) is 0 Å². The Morgan fingerprint density at radius 2 is 2.00 bits per heavy atom. The van der Waals surface area contributed by atoms with Crippen LogP contribution in [0.1, 0.15) is 10.4 Å². The van der Waals surface area contributed by atoms with Gasteiger partial charge >= 0.3 is 0 Å². The first kappa shape index (κ1) is 19.7. The van der Waals surface area contributed by atoms with Crippen molar-refractivity contribution in [3.05, 3.63) is 62.8 Å². The molecule has 0 radical (unpaired) electrons. The van der Waals surface area contributed by atoms with E-state index in [2.05, 4.69) is 27.5 Å². The fraction of sp³-hybridized carbons (Fsp3) is 0.158. The molecule has 0 atom stereocenters. The number of fused-ring (bicyclic) bond motifs is 1. The van der Waals surface area contributed by atoms with E-state index >= 15 is 0 Å². The largest absolute Gasteiger partial charge is 0.493 e. The smallest absolute Gasteiger partial charge is 0.281 e. The van der Waals surface area contributed by atoms with Crippen molar-refractivity contribution in [2.45, 2.75) is 6.54 Å². The summed E-state index contributed by atoms with van der Waals surface area (Å²) in [5, 5.41) is 0.353. The van der Waals surface area contributed by atoms with Crippen molar-refractivity contribution in [1.82, 2.24) is 4.57 Å². The zero-order valence-corrected chi connectivity index (χ0v) is 17.8. The van der Waals surface area contributed by atoms with E-state index in [0.29, 0.717) is 33.4 Å². The fourth-order valence-electron chi connectivity index (χ4n) is 2.60. The summed E-state index contributed by atoms with van der Waals surface area (Å²) in [5.74, 6) is 0.808. The number of methoxy groups -OCH3 is 2. The molecular weight excluding hydrogens is 452 g/mol. The highest BCUT2D eigenvalue weighted by Crippen LogP contribution is 2.33. The van der Waals surface area contributed by atoms with Crippen LogP contribution in [0.5, 0.6) is 11.5 Å². The second kappa shape index (κ2) is 8.29. The van der Waals surface area contributed by atoms with E-state index in [0.717, 1.165) is 14.7 Å². The molecule has 0 N–H and O–H groups in total. The van der Waals surface area contributed by atoms with Gasteiger partial charge in [-0.25, -0.2) is 0 Å². The van der Waals surface area contributed by atoms with Gasteiger partial charge in [-0.3, -0.25) is 4.79 Å². The Bertz CT molecular complexity index is 1100. The molecule has 3 rings (SSSR count). The molecule has 0 bridgehead atoms. The lowest BCUT2D eigenvalue weighted by Gasteiger charge is -2.08. The zero-order chi connectivity index (χ0) is 19.6. The number of amides is 1. The minimum Gasteiger partial charge on any atom is -0.493 e. The Labute approximate surface area is 173 Å². The van der Waals surface area contributed by atoms with Gasteiger partial charge in [-0.05, 0) is 18.2 Å². The molecule has 3 aromatic rings. The van der Waals surface area contributed by atoms with Crippen LogP contribution < -0.4 is 14.3 Å². The number of carbonyl (C=O) groups excluding carboxylic acids is 1. The third-order valence-corrected chi connectivity index (χ3v) is 5.72. The summed E-state index contributed by atoms with van der Waals surface area (Å²) in [4.78, 5) is 17.6. The van der Waals surface area contributed by atoms with Crippen molar-refractivity contribution < 1.29 is 14.3 Å². The molecule has 8 heteroatoms. The van der Waals surface area contributed by atoms with E-state index in [1.807, 2.05) is 16.7 Å². The number of nitrogens with zero attached hydrogens (tertiary/aromatic N) is 2. The quantitative estimate of drug-likeness (QED) is 0.493. The third-order valence-electron chi connectivity index (χ3n) is 3.86. The summed E-state index contributed by atoms with van der Waals surface area (Å²) in [6.45, 7) is 4.29. The maximum absolute atomic E-state index is 12.7. The number of aromatic nitrogens is 1. The van der Waals surface area contributed by atoms with E-state index in [4.69, 9.17) is 21.1 Å². The molecule has 0 aliphatic heterocycles. The third kappa shape index (κ3) is 3.95. The predicted octanol–water partition coefficient (Wildman–Crippen LogP) is 5.06. The number of allylic oxidation sites excluding steroid dienone is 1. The summed E-state index contributed by atoms with van der Waals surface area (Å²) >= 11 is 10.9. The minimum atomic E-state index is -0.412. The van der Waals surface area contributed by atoms with Gasteiger partial charge in [0.2, 0.25) is 0 Å². The lowest BCUT2D eigenvalue weighted by atomic mass is 10.2. The van der Waals surface area contributed by atoms with Gasteiger partial charge in [0.1, 0.15) is 0 Å². The highest BCUT2D eigenvalue weighted by molar-refractivity contribution is 9.10. The Kier molecular flexibility index (Phi) is 6.04. The van der Waals surface area contributed by atoms with Gasteiger partial charge in [0, 0.05) is 23.2 Å². The lowest BCUT2D eigenvalue weighted by molar-refractivity contribution is 0.0998. The second-order valence-corrected chi connectivity index (χ2v) is 7.83. The predicted molar refractivity (Wildman–Crippen MR) is 112 cm³/mol. The van der Waals surface area contributed by atoms with Crippen molar-refractivity contribution in [3.63, 3.8) is 0 Å². The number of rotatable bonds is 5. The molecule has 0 fully saturated rings. The van der Waals surface area contributed by atoms with Crippen LogP contribution in [0.25, 0.3) is 10.2 Å². The maximum atomic E-state index is 12.7. The van der Waals surface area contributed by atoms with Crippen LogP contribution in [0.2, 0.25) is 5.02 Å². The van der Waals surface area contributed by atoms with Crippen molar-refractivity contribution in [1.29, 1.82) is 0 Å². The van der Waals surface area contributed by atoms with E-state index < -0.39 is 5.91 Å². The summed E-state index contributed by atoms with van der Waals surface area (Å²) < 4.78 is 14.3. The Balaban J connectivity index is 2.21. The molecule has 0 saturated carbocycles. The second-order valence-electron chi connectivity index (χ2n) is 5.50. The Hall–Kier alpha value is -2.09. The highest BCUT2D eigenvalue weighted by atomic mass is 79.9. The molecule has 27 heavy (non-hydrogen) atoms. The average molecular weight is 468 g/mol. The van der Waals surface area contributed by atoms with Crippen LogP contribution in [-0.4, -0.2) is 24.7 Å². The van der Waals surface area contributed by atoms with Gasteiger partial charge in [-0.15, -0.1) is 6.58 Å². The topological polar surface area (TPSA) is 52.8 Å². The van der Waals surface area contributed by atoms with Gasteiger partial charge in [-0.1, -0.05) is 44.9 Å². The van der Waals surface area contributed by atoms with E-state index in [-0.39, 0.29) is 0 Å². The van der Waals surface area contributed by atoms with Gasteiger partial charge in [0.25, 0.3) is 5.91 Å². The molecule has 0 unspecified atom stereocenters. The Morgan fingerprint density at radius 1 is 1.30 bits per heavy atom. The summed E-state index contributed by atoms with van der Waals surface area (Å²) in [6.07, 6.45) is 1.75. The Morgan fingerprint density at radius 3 is 2.67 bits per heavy atom. The minimum absolute atomic E-state index is 0.337. The number of halogens is 2. The van der Waals surface area contributed by atoms with Crippen molar-refractivity contribution >= 4 is 55.0 Å². The number of hydrogen-bond donors (Lipinski definition) is 0. The monoisotopic (exact) mass is 466 g/mol. The van der Waals surface area contributed by atoms with Crippen molar-refractivity contribution in [2.24, 2.45) is 4.99 Å². The fourth-order valence-corrected chi connectivity index (χ4v) is 4.20. The number of thiazole rings is 1. The molecule has 140 valence electrons.